The standard InChI is InChI=1S/C44H44F2N6O7/c1-50-36-11-15-47-24-35(36)32-6-3-26(19-38(32)50)27-4-10-40(48-23-27)59-31-21-30(22-31)57-18-2-14-44(45,46)25-58-29-12-16-51(17-13-29)28-5-7-33-34(20-28)43(56)52(42(33)55)37-8-9-39(53)49-41(37)54/h3-7,10-11,15,19-20,23-24,29-31,37H,2,8-9,12-14,16-18,21-22,25H2,1H3,(H,49,53,54). The first-order valence-corrected chi connectivity index (χ1v) is 20.2. The summed E-state index contributed by atoms with van der Waals surface area (Å²) in [6, 6.07) is 16.2. The van der Waals surface area contributed by atoms with Crippen LogP contribution in [0.25, 0.3) is 32.9 Å². The number of anilines is 1. The molecule has 3 fully saturated rings. The fourth-order valence-corrected chi connectivity index (χ4v) is 8.60. The van der Waals surface area contributed by atoms with Crippen molar-refractivity contribution in [2.75, 3.05) is 31.2 Å². The van der Waals surface area contributed by atoms with Crippen LogP contribution in [0.4, 0.5) is 14.5 Å². The molecule has 6 heterocycles. The van der Waals surface area contributed by atoms with Gasteiger partial charge in [-0.3, -0.25) is 34.4 Å². The topological polar surface area (TPSA) is 145 Å². The highest BCUT2D eigenvalue weighted by atomic mass is 19.3. The molecule has 0 radical (unpaired) electrons. The lowest BCUT2D eigenvalue weighted by Crippen LogP contribution is -2.54. The summed E-state index contributed by atoms with van der Waals surface area (Å²) in [6.07, 6.45) is 7.51. The maximum Gasteiger partial charge on any atom is 0.271 e. The maximum absolute atomic E-state index is 14.8. The summed E-state index contributed by atoms with van der Waals surface area (Å²) in [7, 11) is 2.05. The zero-order valence-electron chi connectivity index (χ0n) is 32.6. The Hall–Kier alpha value is -5.80. The number of aromatic nitrogens is 3. The fourth-order valence-electron chi connectivity index (χ4n) is 8.60. The van der Waals surface area contributed by atoms with Gasteiger partial charge in [0.05, 0.1) is 28.9 Å². The third-order valence-electron chi connectivity index (χ3n) is 12.0. The molecule has 2 saturated heterocycles. The zero-order chi connectivity index (χ0) is 40.8. The van der Waals surface area contributed by atoms with Crippen LogP contribution in [0.3, 0.4) is 0 Å². The van der Waals surface area contributed by atoms with Crippen LogP contribution in [-0.2, 0) is 26.1 Å². The summed E-state index contributed by atoms with van der Waals surface area (Å²) >= 11 is 0. The van der Waals surface area contributed by atoms with E-state index < -0.39 is 42.2 Å². The molecule has 0 spiro atoms. The van der Waals surface area contributed by atoms with Crippen molar-refractivity contribution in [3.63, 3.8) is 0 Å². The summed E-state index contributed by atoms with van der Waals surface area (Å²) in [6.45, 7) is 0.619. The van der Waals surface area contributed by atoms with Crippen LogP contribution < -0.4 is 15.0 Å². The first-order valence-electron chi connectivity index (χ1n) is 20.2. The quantitative estimate of drug-likeness (QED) is 0.108. The largest absolute Gasteiger partial charge is 0.474 e. The molecular formula is C44H44F2N6O7. The number of benzene rings is 2. The van der Waals surface area contributed by atoms with Crippen molar-refractivity contribution >= 4 is 51.1 Å². The Morgan fingerprint density at radius 2 is 1.61 bits per heavy atom. The molecule has 1 atom stereocenters. The number of carbonyl (C=O) groups is 4. The zero-order valence-corrected chi connectivity index (χ0v) is 32.6. The van der Waals surface area contributed by atoms with E-state index in [0.29, 0.717) is 44.7 Å². The Balaban J connectivity index is 0.669. The van der Waals surface area contributed by atoms with E-state index in [1.54, 1.807) is 24.4 Å². The summed E-state index contributed by atoms with van der Waals surface area (Å²) in [5, 5.41) is 4.47. The molecule has 4 aliphatic rings. The van der Waals surface area contributed by atoms with Gasteiger partial charge in [0.1, 0.15) is 18.8 Å². The van der Waals surface area contributed by atoms with Crippen molar-refractivity contribution in [3.05, 3.63) is 84.3 Å². The number of carbonyl (C=O) groups excluding carboxylic acids is 4. The fraction of sp³-hybridized carbons (Fsp3) is 0.409. The van der Waals surface area contributed by atoms with Crippen LogP contribution in [0.5, 0.6) is 5.88 Å². The van der Waals surface area contributed by atoms with E-state index in [2.05, 4.69) is 45.1 Å². The minimum atomic E-state index is -2.98. The molecular weight excluding hydrogens is 763 g/mol. The summed E-state index contributed by atoms with van der Waals surface area (Å²) < 4.78 is 49.3. The van der Waals surface area contributed by atoms with Crippen LogP contribution in [0.2, 0.25) is 0 Å². The molecule has 1 saturated carbocycles. The molecule has 0 bridgehead atoms. The molecule has 3 aliphatic heterocycles. The molecule has 2 aromatic carbocycles. The summed E-state index contributed by atoms with van der Waals surface area (Å²) in [5.74, 6) is -4.67. The number of hydrogen-bond donors (Lipinski definition) is 1. The summed E-state index contributed by atoms with van der Waals surface area (Å²) in [4.78, 5) is 62.0. The Kier molecular flexibility index (Phi) is 10.3. The Labute approximate surface area is 338 Å². The van der Waals surface area contributed by atoms with Crippen molar-refractivity contribution in [2.45, 2.75) is 81.6 Å². The van der Waals surface area contributed by atoms with Gasteiger partial charge in [-0.05, 0) is 67.6 Å². The lowest BCUT2D eigenvalue weighted by Gasteiger charge is -2.35. The SMILES string of the molecule is Cn1c2ccncc2c2ccc(-c3ccc(OC4CC(OCCCC(F)(F)COC5CCN(c6ccc7c(c6)C(=O)N(C6CCC(=O)NC6=O)C7=O)CC5)C4)nc3)cc21. The molecule has 1 aliphatic carbocycles. The van der Waals surface area contributed by atoms with Gasteiger partial charge in [-0.1, -0.05) is 12.1 Å². The molecule has 1 unspecified atom stereocenters. The number of aryl methyl sites for hydroxylation is 1. The van der Waals surface area contributed by atoms with Gasteiger partial charge in [-0.15, -0.1) is 0 Å². The first kappa shape index (κ1) is 38.7. The second-order valence-corrected chi connectivity index (χ2v) is 15.9. The van der Waals surface area contributed by atoms with Crippen LogP contribution in [0.1, 0.15) is 72.1 Å². The van der Waals surface area contributed by atoms with Gasteiger partial charge < -0.3 is 23.7 Å². The number of halogens is 2. The molecule has 1 N–H and O–H groups in total. The van der Waals surface area contributed by atoms with E-state index in [1.807, 2.05) is 35.5 Å². The van der Waals surface area contributed by atoms with E-state index in [0.717, 1.165) is 43.5 Å². The van der Waals surface area contributed by atoms with E-state index in [-0.39, 0.29) is 61.7 Å². The van der Waals surface area contributed by atoms with Gasteiger partial charge in [-0.25, -0.2) is 13.8 Å². The molecule has 59 heavy (non-hydrogen) atoms. The average molecular weight is 807 g/mol. The van der Waals surface area contributed by atoms with Crippen molar-refractivity contribution in [1.29, 1.82) is 0 Å². The molecule has 306 valence electrons. The molecule has 13 nitrogen and oxygen atoms in total. The van der Waals surface area contributed by atoms with Crippen LogP contribution in [0, 0.1) is 0 Å². The third-order valence-corrected chi connectivity index (χ3v) is 12.0. The van der Waals surface area contributed by atoms with Crippen LogP contribution in [-0.4, -0.2) is 99.6 Å². The molecule has 5 aromatic rings. The molecule has 4 amide bonds. The van der Waals surface area contributed by atoms with Crippen molar-refractivity contribution in [3.8, 4) is 17.0 Å². The number of imide groups is 2. The van der Waals surface area contributed by atoms with Crippen molar-refractivity contribution in [2.24, 2.45) is 7.05 Å². The smallest absolute Gasteiger partial charge is 0.271 e. The molecule has 15 heteroatoms. The predicted octanol–water partition coefficient (Wildman–Crippen LogP) is 6.22. The maximum atomic E-state index is 14.8. The number of alkyl halides is 2. The second kappa shape index (κ2) is 15.8. The highest BCUT2D eigenvalue weighted by Gasteiger charge is 2.45. The van der Waals surface area contributed by atoms with Gasteiger partial charge >= 0.3 is 0 Å². The minimum Gasteiger partial charge on any atom is -0.474 e. The van der Waals surface area contributed by atoms with Gasteiger partial charge in [0.15, 0.2) is 0 Å². The number of hydrogen-bond acceptors (Lipinski definition) is 10. The van der Waals surface area contributed by atoms with Crippen molar-refractivity contribution in [1.82, 2.24) is 24.8 Å². The van der Waals surface area contributed by atoms with Gasteiger partial charge in [0, 0.05) is 105 Å². The average Bonchev–Trinajstić information content (AvgIpc) is 3.65. The normalized spacial score (nSPS) is 21.3. The lowest BCUT2D eigenvalue weighted by molar-refractivity contribution is -0.136. The number of amides is 4. The van der Waals surface area contributed by atoms with Crippen molar-refractivity contribution < 1.29 is 42.2 Å². The number of pyridine rings is 2. The van der Waals surface area contributed by atoms with Gasteiger partial charge in [-0.2, -0.15) is 0 Å². The molecule has 3 aromatic heterocycles. The van der Waals surface area contributed by atoms with E-state index in [1.165, 1.54) is 0 Å². The molecule has 9 rings (SSSR count). The van der Waals surface area contributed by atoms with E-state index in [4.69, 9.17) is 14.2 Å². The van der Waals surface area contributed by atoms with Gasteiger partial charge in [0.25, 0.3) is 17.7 Å². The number of piperidine rings is 2. The Morgan fingerprint density at radius 1 is 0.814 bits per heavy atom. The number of rotatable bonds is 13. The first-order chi connectivity index (χ1) is 28.5. The highest BCUT2D eigenvalue weighted by Crippen LogP contribution is 2.35. The second-order valence-electron chi connectivity index (χ2n) is 15.9. The predicted molar refractivity (Wildman–Crippen MR) is 213 cm³/mol. The number of nitrogens with zero attached hydrogens (tertiary/aromatic N) is 5. The monoisotopic (exact) mass is 806 g/mol. The number of ether oxygens (including phenoxy) is 3. The minimum absolute atomic E-state index is 0.0365. The number of fused-ring (bicyclic) bond motifs is 4. The van der Waals surface area contributed by atoms with Gasteiger partial charge in [0.2, 0.25) is 17.7 Å². The van der Waals surface area contributed by atoms with E-state index >= 15 is 0 Å². The summed E-state index contributed by atoms with van der Waals surface area (Å²) in [5.41, 5.74) is 5.43. The Bertz CT molecular complexity index is 2440. The third kappa shape index (κ3) is 7.76. The Morgan fingerprint density at radius 3 is 2.39 bits per heavy atom. The van der Waals surface area contributed by atoms with E-state index in [9.17, 15) is 28.0 Å². The van der Waals surface area contributed by atoms with Crippen LogP contribution >= 0.6 is 0 Å². The van der Waals surface area contributed by atoms with Crippen LogP contribution in [0.15, 0.2) is 73.2 Å². The lowest BCUT2D eigenvalue weighted by atomic mass is 9.92. The highest BCUT2D eigenvalue weighted by molar-refractivity contribution is 6.23. The number of nitrogens with one attached hydrogen (secondary N) is 1.